The summed E-state index contributed by atoms with van der Waals surface area (Å²) in [5.74, 6) is 0.121. The van der Waals surface area contributed by atoms with Crippen molar-refractivity contribution in [3.8, 4) is 11.5 Å². The number of halogens is 2. The molecule has 0 amide bonds. The summed E-state index contributed by atoms with van der Waals surface area (Å²) in [6.07, 6.45) is -0.917. The van der Waals surface area contributed by atoms with Gasteiger partial charge in [-0.1, -0.05) is 0 Å². The molecule has 0 fully saturated rings. The van der Waals surface area contributed by atoms with E-state index < -0.39 is 11.9 Å². The van der Waals surface area contributed by atoms with Gasteiger partial charge in [0, 0.05) is 11.6 Å². The number of ether oxygens (including phenoxy) is 2. The monoisotopic (exact) mass is 278 g/mol. The zero-order chi connectivity index (χ0) is 11.6. The zero-order valence-corrected chi connectivity index (χ0v) is 10.3. The van der Waals surface area contributed by atoms with Gasteiger partial charge in [0.25, 0.3) is 0 Å². The first-order chi connectivity index (χ1) is 7.02. The number of methoxy groups -OCH3 is 2. The molecule has 0 aliphatic carbocycles. The highest BCUT2D eigenvalue weighted by Gasteiger charge is 2.20. The van der Waals surface area contributed by atoms with Crippen molar-refractivity contribution in [3.63, 3.8) is 0 Å². The summed E-state index contributed by atoms with van der Waals surface area (Å²) >= 11 is 3.18. The van der Waals surface area contributed by atoms with E-state index in [9.17, 15) is 9.50 Å². The van der Waals surface area contributed by atoms with Crippen LogP contribution in [0.25, 0.3) is 0 Å². The SMILES string of the molecule is COc1cc(F)c(C(C)O)c(Br)c1OC. The minimum atomic E-state index is -0.917. The Labute approximate surface area is 95.9 Å². The Hall–Kier alpha value is -0.810. The summed E-state index contributed by atoms with van der Waals surface area (Å²) in [6.45, 7) is 1.48. The fraction of sp³-hybridized carbons (Fsp3) is 0.400. The Kier molecular flexibility index (Phi) is 3.93. The maximum Gasteiger partial charge on any atom is 0.175 e. The molecule has 1 aromatic carbocycles. The molecule has 5 heteroatoms. The van der Waals surface area contributed by atoms with Crippen LogP contribution in [0.1, 0.15) is 18.6 Å². The van der Waals surface area contributed by atoms with Gasteiger partial charge in [-0.05, 0) is 22.9 Å². The minimum Gasteiger partial charge on any atom is -0.493 e. The van der Waals surface area contributed by atoms with Crippen molar-refractivity contribution >= 4 is 15.9 Å². The molecule has 0 radical (unpaired) electrons. The molecule has 15 heavy (non-hydrogen) atoms. The van der Waals surface area contributed by atoms with Gasteiger partial charge in [-0.15, -0.1) is 0 Å². The van der Waals surface area contributed by atoms with Crippen LogP contribution in [0.2, 0.25) is 0 Å². The number of benzene rings is 1. The van der Waals surface area contributed by atoms with Crippen LogP contribution in [-0.4, -0.2) is 19.3 Å². The highest BCUT2D eigenvalue weighted by Crippen LogP contribution is 2.41. The average Bonchev–Trinajstić information content (AvgIpc) is 2.16. The molecule has 1 N–H and O–H groups in total. The zero-order valence-electron chi connectivity index (χ0n) is 8.67. The fourth-order valence-electron chi connectivity index (χ4n) is 1.32. The van der Waals surface area contributed by atoms with Crippen molar-refractivity contribution in [2.45, 2.75) is 13.0 Å². The maximum absolute atomic E-state index is 13.5. The molecule has 0 aromatic heterocycles. The molecule has 0 bridgehead atoms. The molecule has 3 nitrogen and oxygen atoms in total. The highest BCUT2D eigenvalue weighted by atomic mass is 79.9. The number of rotatable bonds is 3. The number of hydrogen-bond donors (Lipinski definition) is 1. The predicted molar refractivity (Wildman–Crippen MR) is 57.8 cm³/mol. The van der Waals surface area contributed by atoms with E-state index >= 15 is 0 Å². The van der Waals surface area contributed by atoms with Gasteiger partial charge >= 0.3 is 0 Å². The van der Waals surface area contributed by atoms with Crippen molar-refractivity contribution in [1.82, 2.24) is 0 Å². The van der Waals surface area contributed by atoms with Gasteiger partial charge in [-0.3, -0.25) is 0 Å². The van der Waals surface area contributed by atoms with Gasteiger partial charge in [0.05, 0.1) is 24.8 Å². The molecule has 0 saturated heterocycles. The second-order valence-corrected chi connectivity index (χ2v) is 3.79. The van der Waals surface area contributed by atoms with Gasteiger partial charge in [0.2, 0.25) is 0 Å². The van der Waals surface area contributed by atoms with Crippen LogP contribution in [0.5, 0.6) is 11.5 Å². The molecule has 84 valence electrons. The molecule has 1 unspecified atom stereocenters. The van der Waals surface area contributed by atoms with E-state index in [0.29, 0.717) is 10.2 Å². The summed E-state index contributed by atoms with van der Waals surface area (Å²) in [7, 11) is 2.87. The van der Waals surface area contributed by atoms with Gasteiger partial charge in [0.15, 0.2) is 11.5 Å². The highest BCUT2D eigenvalue weighted by molar-refractivity contribution is 9.10. The molecule has 0 spiro atoms. The molecule has 0 saturated carbocycles. The van der Waals surface area contributed by atoms with E-state index in [2.05, 4.69) is 15.9 Å². The van der Waals surface area contributed by atoms with Crippen molar-refractivity contribution in [1.29, 1.82) is 0 Å². The van der Waals surface area contributed by atoms with Crippen LogP contribution in [0, 0.1) is 5.82 Å². The summed E-state index contributed by atoms with van der Waals surface area (Å²) in [4.78, 5) is 0. The van der Waals surface area contributed by atoms with Crippen LogP contribution < -0.4 is 9.47 Å². The van der Waals surface area contributed by atoms with Crippen LogP contribution in [0.4, 0.5) is 4.39 Å². The third-order valence-corrected chi connectivity index (χ3v) is 2.80. The largest absolute Gasteiger partial charge is 0.493 e. The molecule has 1 aromatic rings. The molecule has 1 atom stereocenters. The van der Waals surface area contributed by atoms with E-state index in [1.165, 1.54) is 27.2 Å². The average molecular weight is 279 g/mol. The smallest absolute Gasteiger partial charge is 0.175 e. The Morgan fingerprint density at radius 1 is 1.40 bits per heavy atom. The standard InChI is InChI=1S/C10H12BrFO3/c1-5(13)8-6(12)4-7(14-2)10(15-3)9(8)11/h4-5,13H,1-3H3. The first-order valence-electron chi connectivity index (χ1n) is 4.30. The van der Waals surface area contributed by atoms with E-state index in [4.69, 9.17) is 9.47 Å². The van der Waals surface area contributed by atoms with Crippen molar-refractivity contribution in [2.24, 2.45) is 0 Å². The van der Waals surface area contributed by atoms with Crippen LogP contribution in [0.3, 0.4) is 0 Å². The van der Waals surface area contributed by atoms with Gasteiger partial charge in [0.1, 0.15) is 5.82 Å². The first-order valence-corrected chi connectivity index (χ1v) is 5.10. The third-order valence-electron chi connectivity index (χ3n) is 2.02. The van der Waals surface area contributed by atoms with Crippen LogP contribution >= 0.6 is 15.9 Å². The lowest BCUT2D eigenvalue weighted by Crippen LogP contribution is -2.01. The number of aliphatic hydroxyl groups excluding tert-OH is 1. The van der Waals surface area contributed by atoms with E-state index in [-0.39, 0.29) is 11.3 Å². The first kappa shape index (κ1) is 12.3. The quantitative estimate of drug-likeness (QED) is 0.924. The molecular formula is C10H12BrFO3. The van der Waals surface area contributed by atoms with Crippen molar-refractivity contribution in [2.75, 3.05) is 14.2 Å². The van der Waals surface area contributed by atoms with Crippen molar-refractivity contribution in [3.05, 3.63) is 21.9 Å². The Morgan fingerprint density at radius 3 is 2.40 bits per heavy atom. The molecule has 0 heterocycles. The second-order valence-electron chi connectivity index (χ2n) is 3.00. The number of hydrogen-bond acceptors (Lipinski definition) is 3. The van der Waals surface area contributed by atoms with E-state index in [0.717, 1.165) is 0 Å². The third kappa shape index (κ3) is 2.23. The molecule has 0 aliphatic rings. The van der Waals surface area contributed by atoms with E-state index in [1.807, 2.05) is 0 Å². The number of aliphatic hydroxyl groups is 1. The Bertz CT molecular complexity index is 366. The molecule has 0 aliphatic heterocycles. The summed E-state index contributed by atoms with van der Waals surface area (Å²) < 4.78 is 23.9. The second kappa shape index (κ2) is 4.81. The summed E-state index contributed by atoms with van der Waals surface area (Å²) in [6, 6.07) is 1.19. The lowest BCUT2D eigenvalue weighted by Gasteiger charge is -2.15. The lowest BCUT2D eigenvalue weighted by atomic mass is 10.1. The molecule has 1 rings (SSSR count). The maximum atomic E-state index is 13.5. The van der Waals surface area contributed by atoms with E-state index in [1.54, 1.807) is 0 Å². The Morgan fingerprint density at radius 2 is 2.00 bits per heavy atom. The fourth-order valence-corrected chi connectivity index (χ4v) is 2.20. The van der Waals surface area contributed by atoms with Gasteiger partial charge < -0.3 is 14.6 Å². The summed E-state index contributed by atoms with van der Waals surface area (Å²) in [5.41, 5.74) is 0.160. The Balaban J connectivity index is 3.44. The van der Waals surface area contributed by atoms with Crippen molar-refractivity contribution < 1.29 is 19.0 Å². The van der Waals surface area contributed by atoms with Crippen LogP contribution in [0.15, 0.2) is 10.5 Å². The van der Waals surface area contributed by atoms with Gasteiger partial charge in [-0.2, -0.15) is 0 Å². The minimum absolute atomic E-state index is 0.160. The topological polar surface area (TPSA) is 38.7 Å². The normalized spacial score (nSPS) is 12.4. The predicted octanol–water partition coefficient (Wildman–Crippen LogP) is 2.66. The summed E-state index contributed by atoms with van der Waals surface area (Å²) in [5, 5.41) is 9.40. The molecular weight excluding hydrogens is 267 g/mol. The lowest BCUT2D eigenvalue weighted by molar-refractivity contribution is 0.192. The van der Waals surface area contributed by atoms with Gasteiger partial charge in [-0.25, -0.2) is 4.39 Å². The van der Waals surface area contributed by atoms with Crippen LogP contribution in [-0.2, 0) is 0 Å².